The molecule has 2 atom stereocenters. The Morgan fingerprint density at radius 1 is 0.903 bits per heavy atom. The van der Waals surface area contributed by atoms with E-state index in [9.17, 15) is 9.90 Å². The molecule has 0 saturated heterocycles. The molecule has 0 bridgehead atoms. The van der Waals surface area contributed by atoms with Crippen LogP contribution in [0.4, 0.5) is 4.79 Å². The molecule has 0 heterocycles. The fourth-order valence-corrected chi connectivity index (χ4v) is 9.41. The highest BCUT2D eigenvalue weighted by atomic mass is 28.4. The highest BCUT2D eigenvalue weighted by Crippen LogP contribution is 2.39. The molecule has 0 unspecified atom stereocenters. The molecule has 0 radical (unpaired) electrons. The van der Waals surface area contributed by atoms with Gasteiger partial charge in [-0.3, -0.25) is 4.90 Å². The smallest absolute Gasteiger partial charge is 0.408 e. The minimum absolute atomic E-state index is 0.113. The summed E-state index contributed by atoms with van der Waals surface area (Å²) in [4.78, 5) is 13.5. The van der Waals surface area contributed by atoms with Crippen molar-refractivity contribution >= 4 is 24.8 Å². The van der Waals surface area contributed by atoms with Gasteiger partial charge in [0.25, 0.3) is 8.32 Å². The number of carboxylic acid groups (broad SMARTS) is 1. The Balaban J connectivity index is 2.02. The molecule has 2 aromatic carbocycles. The lowest BCUT2D eigenvalue weighted by atomic mass is 10.0. The zero-order valence-electron chi connectivity index (χ0n) is 19.5. The number of carbonyl (C=O) groups is 1. The summed E-state index contributed by atoms with van der Waals surface area (Å²) >= 11 is 0. The zero-order chi connectivity index (χ0) is 22.9. The van der Waals surface area contributed by atoms with E-state index in [-0.39, 0.29) is 17.2 Å². The number of amides is 1. The van der Waals surface area contributed by atoms with Gasteiger partial charge in [-0.15, -0.1) is 0 Å². The molecule has 31 heavy (non-hydrogen) atoms. The molecule has 1 N–H and O–H groups in total. The van der Waals surface area contributed by atoms with E-state index in [0.29, 0.717) is 6.42 Å². The van der Waals surface area contributed by atoms with E-state index < -0.39 is 19.9 Å². The van der Waals surface area contributed by atoms with Gasteiger partial charge in [-0.25, -0.2) is 4.79 Å². The number of benzene rings is 2. The van der Waals surface area contributed by atoms with Crippen molar-refractivity contribution in [3.05, 3.63) is 72.8 Å². The molecule has 0 saturated carbocycles. The summed E-state index contributed by atoms with van der Waals surface area (Å²) in [6, 6.07) is 20.9. The summed E-state index contributed by atoms with van der Waals surface area (Å²) in [7, 11) is -2.67. The first-order chi connectivity index (χ1) is 14.5. The van der Waals surface area contributed by atoms with Crippen LogP contribution < -0.4 is 10.4 Å². The van der Waals surface area contributed by atoms with Crippen molar-refractivity contribution in [2.24, 2.45) is 0 Å². The molecule has 2 aromatic rings. The van der Waals surface area contributed by atoms with E-state index in [0.717, 1.165) is 0 Å². The molecule has 0 fully saturated rings. The summed E-state index contributed by atoms with van der Waals surface area (Å²) < 4.78 is 7.14. The van der Waals surface area contributed by atoms with Gasteiger partial charge in [0.1, 0.15) is 0 Å². The standard InChI is InChI=1S/C26H35NO3Si/c1-25(2,3)27(24(28)29)20-17-18-21(19-20)30-31(26(4,5)6,22-13-9-7-10-14-22)23-15-11-8-12-16-23/h7-18,20-21H,19H2,1-6H3,(H,28,29)/t20-,21+/m0/s1. The molecule has 1 aliphatic rings. The van der Waals surface area contributed by atoms with Crippen molar-refractivity contribution in [3.8, 4) is 0 Å². The predicted octanol–water partition coefficient (Wildman–Crippen LogP) is 5.04. The maximum Gasteiger partial charge on any atom is 0.408 e. The maximum atomic E-state index is 12.0. The number of rotatable bonds is 5. The summed E-state index contributed by atoms with van der Waals surface area (Å²) in [5, 5.41) is 12.2. The van der Waals surface area contributed by atoms with Crippen molar-refractivity contribution in [2.75, 3.05) is 0 Å². The average Bonchev–Trinajstić information content (AvgIpc) is 3.12. The van der Waals surface area contributed by atoms with Crippen LogP contribution >= 0.6 is 0 Å². The van der Waals surface area contributed by atoms with Gasteiger partial charge in [0.15, 0.2) is 0 Å². The highest BCUT2D eigenvalue weighted by Gasteiger charge is 2.52. The summed E-state index contributed by atoms with van der Waals surface area (Å²) in [5.41, 5.74) is -0.479. The lowest BCUT2D eigenvalue weighted by Crippen LogP contribution is -2.67. The quantitative estimate of drug-likeness (QED) is 0.527. The Kier molecular flexibility index (Phi) is 6.49. The monoisotopic (exact) mass is 437 g/mol. The van der Waals surface area contributed by atoms with Crippen LogP contribution in [0, 0.1) is 0 Å². The first-order valence-corrected chi connectivity index (χ1v) is 12.9. The third kappa shape index (κ3) is 4.63. The summed E-state index contributed by atoms with van der Waals surface area (Å²) in [5.74, 6) is 0. The van der Waals surface area contributed by atoms with Crippen LogP contribution in [0.2, 0.25) is 5.04 Å². The van der Waals surface area contributed by atoms with Crippen LogP contribution in [0.5, 0.6) is 0 Å². The van der Waals surface area contributed by atoms with Gasteiger partial charge in [0.05, 0.1) is 12.1 Å². The number of hydrogen-bond donors (Lipinski definition) is 1. The largest absolute Gasteiger partial charge is 0.465 e. The molecule has 1 aliphatic carbocycles. The van der Waals surface area contributed by atoms with E-state index in [4.69, 9.17) is 4.43 Å². The molecule has 166 valence electrons. The predicted molar refractivity (Wildman–Crippen MR) is 130 cm³/mol. The molecule has 0 aromatic heterocycles. The van der Waals surface area contributed by atoms with Crippen LogP contribution in [-0.4, -0.2) is 42.1 Å². The van der Waals surface area contributed by atoms with Crippen molar-refractivity contribution in [2.45, 2.75) is 70.7 Å². The Hall–Kier alpha value is -2.37. The molecule has 4 nitrogen and oxygen atoms in total. The van der Waals surface area contributed by atoms with Gasteiger partial charge in [0, 0.05) is 12.0 Å². The van der Waals surface area contributed by atoms with Crippen LogP contribution in [0.25, 0.3) is 0 Å². The normalized spacial score (nSPS) is 19.4. The van der Waals surface area contributed by atoms with Gasteiger partial charge in [-0.05, 0) is 36.2 Å². The Morgan fingerprint density at radius 3 is 1.77 bits per heavy atom. The zero-order valence-corrected chi connectivity index (χ0v) is 20.5. The van der Waals surface area contributed by atoms with E-state index in [2.05, 4.69) is 75.4 Å². The second-order valence-corrected chi connectivity index (χ2v) is 14.6. The maximum absolute atomic E-state index is 12.0. The van der Waals surface area contributed by atoms with E-state index in [1.807, 2.05) is 39.0 Å². The van der Waals surface area contributed by atoms with Crippen molar-refractivity contribution < 1.29 is 14.3 Å². The molecule has 1 amide bonds. The Labute approximate surface area is 187 Å². The Bertz CT molecular complexity index is 874. The molecular weight excluding hydrogens is 402 g/mol. The van der Waals surface area contributed by atoms with Crippen molar-refractivity contribution in [3.63, 3.8) is 0 Å². The van der Waals surface area contributed by atoms with Gasteiger partial charge >= 0.3 is 6.09 Å². The molecular formula is C26H35NO3Si. The second kappa shape index (κ2) is 8.64. The fourth-order valence-electron chi connectivity index (χ4n) is 4.77. The number of hydrogen-bond acceptors (Lipinski definition) is 2. The minimum atomic E-state index is -2.67. The van der Waals surface area contributed by atoms with Gasteiger partial charge in [-0.1, -0.05) is 93.6 Å². The van der Waals surface area contributed by atoms with E-state index in [1.54, 1.807) is 0 Å². The third-order valence-corrected chi connectivity index (χ3v) is 11.1. The molecule has 0 spiro atoms. The molecule has 5 heteroatoms. The average molecular weight is 438 g/mol. The summed E-state index contributed by atoms with van der Waals surface area (Å²) in [6.45, 7) is 12.6. The lowest BCUT2D eigenvalue weighted by molar-refractivity contribution is 0.0752. The molecule has 0 aliphatic heterocycles. The molecule has 3 rings (SSSR count). The topological polar surface area (TPSA) is 49.8 Å². The second-order valence-electron chi connectivity index (χ2n) is 10.3. The van der Waals surface area contributed by atoms with Crippen LogP contribution in [0.15, 0.2) is 72.8 Å². The van der Waals surface area contributed by atoms with E-state index >= 15 is 0 Å². The minimum Gasteiger partial charge on any atom is -0.465 e. The third-order valence-electron chi connectivity index (χ3n) is 6.03. The first-order valence-electron chi connectivity index (χ1n) is 11.0. The van der Waals surface area contributed by atoms with Crippen LogP contribution in [0.1, 0.15) is 48.0 Å². The van der Waals surface area contributed by atoms with Crippen LogP contribution in [-0.2, 0) is 4.43 Å². The van der Waals surface area contributed by atoms with Gasteiger partial charge < -0.3 is 9.53 Å². The van der Waals surface area contributed by atoms with E-state index in [1.165, 1.54) is 15.3 Å². The van der Waals surface area contributed by atoms with Crippen LogP contribution in [0.3, 0.4) is 0 Å². The Morgan fingerprint density at radius 2 is 1.39 bits per heavy atom. The first kappa shape index (κ1) is 23.3. The van der Waals surface area contributed by atoms with Gasteiger partial charge in [-0.2, -0.15) is 0 Å². The van der Waals surface area contributed by atoms with Crippen molar-refractivity contribution in [1.82, 2.24) is 4.90 Å². The van der Waals surface area contributed by atoms with Gasteiger partial charge in [0.2, 0.25) is 0 Å². The fraction of sp³-hybridized carbons (Fsp3) is 0.423. The summed E-state index contributed by atoms with van der Waals surface area (Å²) in [6.07, 6.45) is 3.66. The van der Waals surface area contributed by atoms with Crippen molar-refractivity contribution in [1.29, 1.82) is 0 Å². The SMILES string of the molecule is CC(C)(C)N(C(=O)O)[C@H]1C=C[C@@H](O[Si](c2ccccc2)(c2ccccc2)C(C)(C)C)C1. The lowest BCUT2D eigenvalue weighted by Gasteiger charge is -2.45. The number of nitrogens with zero attached hydrogens (tertiary/aromatic N) is 1. The highest BCUT2D eigenvalue weighted by molar-refractivity contribution is 6.99.